The Bertz CT molecular complexity index is 155. The van der Waals surface area contributed by atoms with Gasteiger partial charge in [-0.1, -0.05) is 13.3 Å². The van der Waals surface area contributed by atoms with Gasteiger partial charge >= 0.3 is 0 Å². The smallest absolute Gasteiger partial charge is 0.222 e. The standard InChI is InChI=1S/C9H18N2O/c1-3-4-5-9(12)11(2)8-6-10-7-8/h8,10H,3-7H2,1-2H3. The first kappa shape index (κ1) is 9.52. The lowest BCUT2D eigenvalue weighted by Crippen LogP contribution is -2.57. The molecular weight excluding hydrogens is 152 g/mol. The van der Waals surface area contributed by atoms with Crippen molar-refractivity contribution < 1.29 is 4.79 Å². The number of carbonyl (C=O) groups is 1. The lowest BCUT2D eigenvalue weighted by Gasteiger charge is -2.35. The van der Waals surface area contributed by atoms with E-state index in [0.717, 1.165) is 25.9 Å². The van der Waals surface area contributed by atoms with E-state index in [1.165, 1.54) is 0 Å². The van der Waals surface area contributed by atoms with Crippen molar-refractivity contribution in [2.75, 3.05) is 20.1 Å². The van der Waals surface area contributed by atoms with Crippen LogP contribution in [-0.2, 0) is 4.79 Å². The van der Waals surface area contributed by atoms with Crippen molar-refractivity contribution in [1.82, 2.24) is 10.2 Å². The van der Waals surface area contributed by atoms with Crippen LogP contribution in [0, 0.1) is 0 Å². The molecular formula is C9H18N2O. The zero-order chi connectivity index (χ0) is 8.97. The van der Waals surface area contributed by atoms with Gasteiger partial charge in [-0.3, -0.25) is 4.79 Å². The molecule has 1 saturated heterocycles. The zero-order valence-corrected chi connectivity index (χ0v) is 7.97. The van der Waals surface area contributed by atoms with Crippen molar-refractivity contribution in [3.05, 3.63) is 0 Å². The van der Waals surface area contributed by atoms with Crippen LogP contribution in [0.1, 0.15) is 26.2 Å². The largest absolute Gasteiger partial charge is 0.340 e. The topological polar surface area (TPSA) is 32.3 Å². The Labute approximate surface area is 74.1 Å². The van der Waals surface area contributed by atoms with Crippen LogP contribution in [-0.4, -0.2) is 37.0 Å². The van der Waals surface area contributed by atoms with Crippen LogP contribution >= 0.6 is 0 Å². The molecule has 1 fully saturated rings. The van der Waals surface area contributed by atoms with Gasteiger partial charge in [0, 0.05) is 26.6 Å². The van der Waals surface area contributed by atoms with Gasteiger partial charge in [0.25, 0.3) is 0 Å². The summed E-state index contributed by atoms with van der Waals surface area (Å²) in [5.41, 5.74) is 0. The average molecular weight is 170 g/mol. The Kier molecular flexibility index (Phi) is 3.53. The van der Waals surface area contributed by atoms with Crippen molar-refractivity contribution in [2.24, 2.45) is 0 Å². The van der Waals surface area contributed by atoms with Gasteiger partial charge in [-0.15, -0.1) is 0 Å². The van der Waals surface area contributed by atoms with E-state index in [1.54, 1.807) is 0 Å². The summed E-state index contributed by atoms with van der Waals surface area (Å²) < 4.78 is 0. The summed E-state index contributed by atoms with van der Waals surface area (Å²) in [4.78, 5) is 13.3. The molecule has 0 saturated carbocycles. The Morgan fingerprint density at radius 3 is 2.67 bits per heavy atom. The number of nitrogens with one attached hydrogen (secondary N) is 1. The third-order valence-corrected chi connectivity index (χ3v) is 2.45. The van der Waals surface area contributed by atoms with Crippen molar-refractivity contribution in [1.29, 1.82) is 0 Å². The number of likely N-dealkylation sites (N-methyl/N-ethyl adjacent to an activating group) is 1. The highest BCUT2D eigenvalue weighted by atomic mass is 16.2. The molecule has 3 nitrogen and oxygen atoms in total. The molecule has 0 aromatic carbocycles. The number of hydrogen-bond acceptors (Lipinski definition) is 2. The summed E-state index contributed by atoms with van der Waals surface area (Å²) in [6.45, 7) is 4.04. The highest BCUT2D eigenvalue weighted by Crippen LogP contribution is 2.06. The van der Waals surface area contributed by atoms with Crippen molar-refractivity contribution >= 4 is 5.91 Å². The van der Waals surface area contributed by atoms with Gasteiger partial charge in [0.2, 0.25) is 5.91 Å². The zero-order valence-electron chi connectivity index (χ0n) is 7.97. The first-order chi connectivity index (χ1) is 5.75. The van der Waals surface area contributed by atoms with E-state index in [9.17, 15) is 4.79 Å². The van der Waals surface area contributed by atoms with Crippen LogP contribution in [0.4, 0.5) is 0 Å². The van der Waals surface area contributed by atoms with Crippen molar-refractivity contribution in [2.45, 2.75) is 32.2 Å². The Balaban J connectivity index is 2.20. The minimum absolute atomic E-state index is 0.295. The molecule has 0 atom stereocenters. The van der Waals surface area contributed by atoms with E-state index in [0.29, 0.717) is 18.4 Å². The number of hydrogen-bond donors (Lipinski definition) is 1. The molecule has 0 unspecified atom stereocenters. The molecule has 1 aliphatic heterocycles. The number of unbranched alkanes of at least 4 members (excludes halogenated alkanes) is 1. The maximum absolute atomic E-state index is 11.4. The molecule has 1 amide bonds. The molecule has 1 heterocycles. The monoisotopic (exact) mass is 170 g/mol. The van der Waals surface area contributed by atoms with E-state index in [2.05, 4.69) is 12.2 Å². The van der Waals surface area contributed by atoms with Crippen LogP contribution in [0.25, 0.3) is 0 Å². The molecule has 0 bridgehead atoms. The van der Waals surface area contributed by atoms with Crippen LogP contribution in [0.3, 0.4) is 0 Å². The molecule has 70 valence electrons. The Morgan fingerprint density at radius 1 is 1.58 bits per heavy atom. The number of nitrogens with zero attached hydrogens (tertiary/aromatic N) is 1. The second-order valence-corrected chi connectivity index (χ2v) is 3.42. The van der Waals surface area contributed by atoms with Crippen LogP contribution in [0.15, 0.2) is 0 Å². The van der Waals surface area contributed by atoms with Crippen LogP contribution < -0.4 is 5.32 Å². The summed E-state index contributed by atoms with van der Waals surface area (Å²) in [5.74, 6) is 0.295. The molecule has 1 aliphatic rings. The molecule has 0 spiro atoms. The van der Waals surface area contributed by atoms with E-state index in [-0.39, 0.29) is 0 Å². The summed E-state index contributed by atoms with van der Waals surface area (Å²) >= 11 is 0. The van der Waals surface area contributed by atoms with E-state index >= 15 is 0 Å². The number of rotatable bonds is 4. The van der Waals surface area contributed by atoms with Gasteiger partial charge in [-0.05, 0) is 6.42 Å². The molecule has 12 heavy (non-hydrogen) atoms. The SMILES string of the molecule is CCCCC(=O)N(C)C1CNC1. The quantitative estimate of drug-likeness (QED) is 0.670. The second-order valence-electron chi connectivity index (χ2n) is 3.42. The Morgan fingerprint density at radius 2 is 2.25 bits per heavy atom. The van der Waals surface area contributed by atoms with Gasteiger partial charge in [0.05, 0.1) is 6.04 Å². The van der Waals surface area contributed by atoms with E-state index in [4.69, 9.17) is 0 Å². The molecule has 1 rings (SSSR count). The molecule has 3 heteroatoms. The highest BCUT2D eigenvalue weighted by Gasteiger charge is 2.24. The fourth-order valence-electron chi connectivity index (χ4n) is 1.26. The van der Waals surface area contributed by atoms with Gasteiger partial charge < -0.3 is 10.2 Å². The van der Waals surface area contributed by atoms with Gasteiger partial charge in [0.15, 0.2) is 0 Å². The number of carbonyl (C=O) groups excluding carboxylic acids is 1. The van der Waals surface area contributed by atoms with Gasteiger partial charge in [-0.2, -0.15) is 0 Å². The minimum atomic E-state index is 0.295. The maximum Gasteiger partial charge on any atom is 0.222 e. The minimum Gasteiger partial charge on any atom is -0.340 e. The third kappa shape index (κ3) is 2.21. The van der Waals surface area contributed by atoms with Gasteiger partial charge in [-0.25, -0.2) is 0 Å². The van der Waals surface area contributed by atoms with Gasteiger partial charge in [0.1, 0.15) is 0 Å². The van der Waals surface area contributed by atoms with E-state index in [1.807, 2.05) is 11.9 Å². The second kappa shape index (κ2) is 4.45. The van der Waals surface area contributed by atoms with E-state index < -0.39 is 0 Å². The summed E-state index contributed by atoms with van der Waals surface area (Å²) in [7, 11) is 1.91. The van der Waals surface area contributed by atoms with Crippen molar-refractivity contribution in [3.8, 4) is 0 Å². The average Bonchev–Trinajstić information content (AvgIpc) is 1.96. The lowest BCUT2D eigenvalue weighted by molar-refractivity contribution is -0.132. The van der Waals surface area contributed by atoms with Crippen LogP contribution in [0.2, 0.25) is 0 Å². The first-order valence-corrected chi connectivity index (χ1v) is 4.72. The predicted octanol–water partition coefficient (Wildman–Crippen LogP) is 0.607. The number of amides is 1. The predicted molar refractivity (Wildman–Crippen MR) is 49.0 cm³/mol. The molecule has 0 aromatic heterocycles. The fourth-order valence-corrected chi connectivity index (χ4v) is 1.26. The molecule has 0 radical (unpaired) electrons. The lowest BCUT2D eigenvalue weighted by atomic mass is 10.1. The molecule has 0 aliphatic carbocycles. The summed E-state index contributed by atoms with van der Waals surface area (Å²) in [6.07, 6.45) is 2.83. The summed E-state index contributed by atoms with van der Waals surface area (Å²) in [6, 6.07) is 0.453. The Hall–Kier alpha value is -0.570. The first-order valence-electron chi connectivity index (χ1n) is 4.72. The highest BCUT2D eigenvalue weighted by molar-refractivity contribution is 5.76. The summed E-state index contributed by atoms with van der Waals surface area (Å²) in [5, 5.41) is 3.16. The van der Waals surface area contributed by atoms with Crippen LogP contribution in [0.5, 0.6) is 0 Å². The molecule has 0 aromatic rings. The molecule has 1 N–H and O–H groups in total. The van der Waals surface area contributed by atoms with Crippen molar-refractivity contribution in [3.63, 3.8) is 0 Å². The fraction of sp³-hybridized carbons (Fsp3) is 0.889. The maximum atomic E-state index is 11.4. The normalized spacial score (nSPS) is 17.2. The third-order valence-electron chi connectivity index (χ3n) is 2.45.